The number of hydrogen-bond donors (Lipinski definition) is 2. The molecule has 4 heteroatoms. The van der Waals surface area contributed by atoms with Crippen molar-refractivity contribution in [1.29, 1.82) is 5.41 Å². The largest absolute Gasteiger partial charge is 0.385 e. The van der Waals surface area contributed by atoms with Crippen molar-refractivity contribution < 1.29 is 4.39 Å². The Labute approximate surface area is 130 Å². The molecule has 1 aromatic heterocycles. The Bertz CT molecular complexity index is 732. The highest BCUT2D eigenvalue weighted by Crippen LogP contribution is 2.25. The first kappa shape index (κ1) is 15.9. The monoisotopic (exact) mass is 297 g/mol. The van der Waals surface area contributed by atoms with E-state index in [0.29, 0.717) is 0 Å². The second kappa shape index (κ2) is 7.50. The van der Waals surface area contributed by atoms with Crippen molar-refractivity contribution in [2.75, 3.05) is 11.9 Å². The molecule has 0 aliphatic carbocycles. The molecular formula is C18H20FN3. The second-order valence-corrected chi connectivity index (χ2v) is 4.85. The number of allylic oxidation sites excluding steroid dienone is 4. The van der Waals surface area contributed by atoms with E-state index >= 15 is 0 Å². The van der Waals surface area contributed by atoms with Crippen LogP contribution in [0.5, 0.6) is 0 Å². The molecule has 2 rings (SSSR count). The molecule has 0 aliphatic heterocycles. The van der Waals surface area contributed by atoms with Crippen LogP contribution in [0.4, 0.5) is 10.1 Å². The Hall–Kier alpha value is -2.49. The molecule has 0 spiro atoms. The number of nitrogens with zero attached hydrogens (tertiary/aromatic N) is 1. The topological polar surface area (TPSA) is 48.8 Å². The van der Waals surface area contributed by atoms with E-state index in [0.717, 1.165) is 46.9 Å². The quantitative estimate of drug-likeness (QED) is 0.584. The third-order valence-electron chi connectivity index (χ3n) is 3.23. The van der Waals surface area contributed by atoms with Crippen LogP contribution < -0.4 is 5.32 Å². The van der Waals surface area contributed by atoms with E-state index in [1.165, 1.54) is 0 Å². The number of hydrogen-bond acceptors (Lipinski definition) is 3. The summed E-state index contributed by atoms with van der Waals surface area (Å²) in [6.07, 6.45) is 5.52. The molecule has 0 atom stereocenters. The van der Waals surface area contributed by atoms with Crippen molar-refractivity contribution in [2.45, 2.75) is 20.3 Å². The highest BCUT2D eigenvalue weighted by molar-refractivity contribution is 5.93. The van der Waals surface area contributed by atoms with Crippen LogP contribution in [0.1, 0.15) is 26.0 Å². The number of aromatic nitrogens is 1. The zero-order chi connectivity index (χ0) is 15.9. The first-order valence-corrected chi connectivity index (χ1v) is 7.42. The van der Waals surface area contributed by atoms with Gasteiger partial charge >= 0.3 is 0 Å². The number of halogens is 1. The number of fused-ring (bicyclic) bond motifs is 1. The van der Waals surface area contributed by atoms with Crippen LogP contribution >= 0.6 is 0 Å². The van der Waals surface area contributed by atoms with E-state index < -0.39 is 5.97 Å². The van der Waals surface area contributed by atoms with E-state index in [-0.39, 0.29) is 0 Å². The summed E-state index contributed by atoms with van der Waals surface area (Å²) in [5, 5.41) is 11.3. The Morgan fingerprint density at radius 3 is 2.73 bits per heavy atom. The van der Waals surface area contributed by atoms with E-state index in [1.807, 2.05) is 43.3 Å². The van der Waals surface area contributed by atoms with Gasteiger partial charge in [-0.05, 0) is 55.3 Å². The van der Waals surface area contributed by atoms with E-state index in [2.05, 4.69) is 17.2 Å². The summed E-state index contributed by atoms with van der Waals surface area (Å²) in [7, 11) is 0. The highest BCUT2D eigenvalue weighted by atomic mass is 19.1. The van der Waals surface area contributed by atoms with E-state index in [9.17, 15) is 4.39 Å². The van der Waals surface area contributed by atoms with Crippen molar-refractivity contribution in [1.82, 2.24) is 4.98 Å². The van der Waals surface area contributed by atoms with Crippen LogP contribution in [0.3, 0.4) is 0 Å². The molecule has 114 valence electrons. The predicted octanol–water partition coefficient (Wildman–Crippen LogP) is 4.96. The van der Waals surface area contributed by atoms with Crippen LogP contribution in [0.2, 0.25) is 0 Å². The molecule has 0 unspecified atom stereocenters. The van der Waals surface area contributed by atoms with Crippen LogP contribution in [-0.2, 0) is 0 Å². The maximum atomic E-state index is 12.6. The maximum Gasteiger partial charge on any atom is 0.205 e. The zero-order valence-corrected chi connectivity index (χ0v) is 12.9. The third-order valence-corrected chi connectivity index (χ3v) is 3.23. The molecule has 1 aromatic carbocycles. The minimum atomic E-state index is -0.961. The summed E-state index contributed by atoms with van der Waals surface area (Å²) in [6.45, 7) is 4.92. The third kappa shape index (κ3) is 3.79. The first-order valence-electron chi connectivity index (χ1n) is 7.42. The normalized spacial score (nSPS) is 12.0. The van der Waals surface area contributed by atoms with E-state index in [4.69, 9.17) is 5.41 Å². The van der Waals surface area contributed by atoms with Gasteiger partial charge in [-0.3, -0.25) is 5.41 Å². The van der Waals surface area contributed by atoms with Crippen molar-refractivity contribution in [3.63, 3.8) is 0 Å². The van der Waals surface area contributed by atoms with Gasteiger partial charge < -0.3 is 5.32 Å². The van der Waals surface area contributed by atoms with Crippen molar-refractivity contribution in [2.24, 2.45) is 0 Å². The number of anilines is 1. The van der Waals surface area contributed by atoms with Crippen molar-refractivity contribution >= 4 is 28.1 Å². The summed E-state index contributed by atoms with van der Waals surface area (Å²) in [5.41, 5.74) is 3.55. The number of pyridine rings is 1. The zero-order valence-electron chi connectivity index (χ0n) is 12.9. The fourth-order valence-electron chi connectivity index (χ4n) is 2.30. The SMILES string of the molecule is CC/C=C(\C=C/C(=N)F)c1ccc2c(NCC)cccc2n1. The molecule has 0 saturated heterocycles. The smallest absolute Gasteiger partial charge is 0.205 e. The average molecular weight is 297 g/mol. The Morgan fingerprint density at radius 2 is 2.05 bits per heavy atom. The van der Waals surface area contributed by atoms with Gasteiger partial charge in [0.2, 0.25) is 5.97 Å². The second-order valence-electron chi connectivity index (χ2n) is 4.85. The van der Waals surface area contributed by atoms with Gasteiger partial charge in [-0.2, -0.15) is 4.39 Å². The molecule has 0 aliphatic rings. The molecular weight excluding hydrogens is 277 g/mol. The summed E-state index contributed by atoms with van der Waals surface area (Å²) >= 11 is 0. The summed E-state index contributed by atoms with van der Waals surface area (Å²) < 4.78 is 12.6. The van der Waals surface area contributed by atoms with Crippen LogP contribution in [0.25, 0.3) is 16.5 Å². The van der Waals surface area contributed by atoms with Crippen LogP contribution in [0.15, 0.2) is 48.6 Å². The maximum absolute atomic E-state index is 12.6. The van der Waals surface area contributed by atoms with Gasteiger partial charge in [0.05, 0.1) is 11.2 Å². The molecule has 0 radical (unpaired) electrons. The van der Waals surface area contributed by atoms with Gasteiger partial charge in [-0.25, -0.2) is 4.98 Å². The van der Waals surface area contributed by atoms with Crippen LogP contribution in [-0.4, -0.2) is 17.5 Å². The molecule has 3 nitrogen and oxygen atoms in total. The molecule has 0 saturated carbocycles. The van der Waals surface area contributed by atoms with Gasteiger partial charge in [0, 0.05) is 17.6 Å². The lowest BCUT2D eigenvalue weighted by molar-refractivity contribution is 0.804. The van der Waals surface area contributed by atoms with Gasteiger partial charge in [0.25, 0.3) is 0 Å². The minimum Gasteiger partial charge on any atom is -0.385 e. The van der Waals surface area contributed by atoms with Crippen molar-refractivity contribution in [3.05, 3.63) is 54.3 Å². The van der Waals surface area contributed by atoms with E-state index in [1.54, 1.807) is 6.08 Å². The number of nitrogens with one attached hydrogen (secondary N) is 2. The van der Waals surface area contributed by atoms with Gasteiger partial charge in [-0.15, -0.1) is 0 Å². The molecule has 2 aromatic rings. The highest BCUT2D eigenvalue weighted by Gasteiger charge is 2.05. The minimum absolute atomic E-state index is 0.778. The Balaban J connectivity index is 2.47. The van der Waals surface area contributed by atoms with Gasteiger partial charge in [-0.1, -0.05) is 19.1 Å². The summed E-state index contributed by atoms with van der Waals surface area (Å²) in [6, 6.07) is 9.91. The molecule has 2 N–H and O–H groups in total. The molecule has 0 bridgehead atoms. The van der Waals surface area contributed by atoms with Crippen LogP contribution in [0, 0.1) is 5.41 Å². The van der Waals surface area contributed by atoms with Gasteiger partial charge in [0.15, 0.2) is 0 Å². The molecule has 0 fully saturated rings. The molecule has 1 heterocycles. The first-order chi connectivity index (χ1) is 10.7. The lowest BCUT2D eigenvalue weighted by Crippen LogP contribution is -1.98. The Kier molecular flexibility index (Phi) is 5.42. The lowest BCUT2D eigenvalue weighted by atomic mass is 10.1. The lowest BCUT2D eigenvalue weighted by Gasteiger charge is -2.09. The summed E-state index contributed by atoms with van der Waals surface area (Å²) in [4.78, 5) is 4.66. The van der Waals surface area contributed by atoms with Crippen molar-refractivity contribution in [3.8, 4) is 0 Å². The average Bonchev–Trinajstić information content (AvgIpc) is 2.51. The number of rotatable bonds is 6. The molecule has 22 heavy (non-hydrogen) atoms. The fraction of sp³-hybridized carbons (Fsp3) is 0.222. The summed E-state index contributed by atoms with van der Waals surface area (Å²) in [5.74, 6) is -0.961. The molecule has 0 amide bonds. The standard InChI is InChI=1S/C18H20FN3/c1-3-6-13(9-12-18(19)20)15-11-10-14-16(21-4-2)7-5-8-17(14)22-15/h5-12,20-21H,3-4H2,1-2H3/b12-9-,13-6+,20-18?. The Morgan fingerprint density at radius 1 is 1.23 bits per heavy atom. The number of benzene rings is 1. The predicted molar refractivity (Wildman–Crippen MR) is 92.1 cm³/mol. The van der Waals surface area contributed by atoms with Gasteiger partial charge in [0.1, 0.15) is 0 Å². The fourth-order valence-corrected chi connectivity index (χ4v) is 2.30.